The van der Waals surface area contributed by atoms with Crippen LogP contribution in [0.1, 0.15) is 5.76 Å². The topological polar surface area (TPSA) is 64.2 Å². The normalized spacial score (nSPS) is 10.8. The number of aryl methyl sites for hydroxylation is 1. The van der Waals surface area contributed by atoms with E-state index in [0.717, 1.165) is 22.7 Å². The zero-order valence-electron chi connectivity index (χ0n) is 16.1. The Kier molecular flexibility index (Phi) is 5.48. The first-order valence-corrected chi connectivity index (χ1v) is 10.1. The van der Waals surface area contributed by atoms with E-state index >= 15 is 0 Å². The summed E-state index contributed by atoms with van der Waals surface area (Å²) in [6.45, 7) is 1.89. The lowest BCUT2D eigenvalue weighted by atomic mass is 10.2. The summed E-state index contributed by atoms with van der Waals surface area (Å²) in [5, 5.41) is 9.40. The van der Waals surface area contributed by atoms with Gasteiger partial charge >= 0.3 is 0 Å². The summed E-state index contributed by atoms with van der Waals surface area (Å²) in [5.74, 6) is 1.70. The Hall–Kier alpha value is -3.32. The van der Waals surface area contributed by atoms with Crippen LogP contribution < -0.4 is 4.90 Å². The fourth-order valence-corrected chi connectivity index (χ4v) is 3.85. The molecule has 0 atom stereocenters. The molecule has 2 aromatic heterocycles. The highest BCUT2D eigenvalue weighted by Gasteiger charge is 2.20. The average Bonchev–Trinajstić information content (AvgIpc) is 3.38. The molecule has 7 heteroatoms. The quantitative estimate of drug-likeness (QED) is 0.440. The molecule has 6 nitrogen and oxygen atoms in total. The molecular weight excluding hydrogens is 384 g/mol. The maximum absolute atomic E-state index is 12.7. The molecule has 0 fully saturated rings. The zero-order valence-corrected chi connectivity index (χ0v) is 17.0. The Labute approximate surface area is 173 Å². The maximum Gasteiger partial charge on any atom is 0.237 e. The summed E-state index contributed by atoms with van der Waals surface area (Å²) in [6, 6.07) is 21.3. The van der Waals surface area contributed by atoms with E-state index in [0.29, 0.717) is 11.0 Å². The molecule has 0 saturated heterocycles. The number of carbonyl (C=O) groups is 1. The van der Waals surface area contributed by atoms with Gasteiger partial charge in [-0.05, 0) is 37.3 Å². The highest BCUT2D eigenvalue weighted by atomic mass is 32.2. The lowest BCUT2D eigenvalue weighted by molar-refractivity contribution is -0.115. The summed E-state index contributed by atoms with van der Waals surface area (Å²) >= 11 is 1.36. The van der Waals surface area contributed by atoms with Crippen LogP contribution in [0.25, 0.3) is 17.1 Å². The van der Waals surface area contributed by atoms with E-state index in [-0.39, 0.29) is 11.7 Å². The van der Waals surface area contributed by atoms with Crippen molar-refractivity contribution in [2.24, 2.45) is 0 Å². The number of hydrogen-bond donors (Lipinski definition) is 0. The molecule has 146 valence electrons. The highest BCUT2D eigenvalue weighted by molar-refractivity contribution is 7.99. The van der Waals surface area contributed by atoms with Gasteiger partial charge in [0.15, 0.2) is 11.0 Å². The van der Waals surface area contributed by atoms with E-state index in [1.807, 2.05) is 78.2 Å². The van der Waals surface area contributed by atoms with Gasteiger partial charge in [-0.15, -0.1) is 10.2 Å². The van der Waals surface area contributed by atoms with Crippen LogP contribution in [-0.4, -0.2) is 33.5 Å². The second-order valence-corrected chi connectivity index (χ2v) is 7.39. The second kappa shape index (κ2) is 8.36. The first kappa shape index (κ1) is 19.0. The first-order valence-electron chi connectivity index (χ1n) is 9.15. The number of aromatic nitrogens is 3. The van der Waals surface area contributed by atoms with Crippen molar-refractivity contribution in [2.75, 3.05) is 17.7 Å². The van der Waals surface area contributed by atoms with Crippen LogP contribution in [0.2, 0.25) is 0 Å². The van der Waals surface area contributed by atoms with Crippen molar-refractivity contribution in [1.82, 2.24) is 14.8 Å². The molecule has 1 amide bonds. The summed E-state index contributed by atoms with van der Waals surface area (Å²) < 4.78 is 7.41. The molecule has 0 spiro atoms. The van der Waals surface area contributed by atoms with Gasteiger partial charge in [-0.3, -0.25) is 9.36 Å². The number of thioether (sulfide) groups is 1. The van der Waals surface area contributed by atoms with Crippen LogP contribution >= 0.6 is 11.8 Å². The minimum atomic E-state index is -0.00940. The predicted molar refractivity (Wildman–Crippen MR) is 114 cm³/mol. The number of nitrogens with zero attached hydrogens (tertiary/aromatic N) is 4. The standard InChI is InChI=1S/C22H20N4O2S/c1-16-19(13-14-28-16)21-23-24-22(26(21)18-11-7-4-8-12-18)29-15-20(27)25(2)17-9-5-3-6-10-17/h3-14H,15H2,1-2H3. The Balaban J connectivity index is 1.62. The molecule has 0 N–H and O–H groups in total. The van der Waals surface area contributed by atoms with Crippen molar-refractivity contribution in [3.05, 3.63) is 78.8 Å². The minimum Gasteiger partial charge on any atom is -0.469 e. The molecule has 4 rings (SSSR count). The van der Waals surface area contributed by atoms with Gasteiger partial charge in [0.05, 0.1) is 17.6 Å². The lowest BCUT2D eigenvalue weighted by Gasteiger charge is -2.17. The van der Waals surface area contributed by atoms with Crippen LogP contribution in [0.15, 0.2) is 82.6 Å². The average molecular weight is 404 g/mol. The highest BCUT2D eigenvalue weighted by Crippen LogP contribution is 2.30. The molecule has 0 aliphatic heterocycles. The van der Waals surface area contributed by atoms with Gasteiger partial charge < -0.3 is 9.32 Å². The van der Waals surface area contributed by atoms with Crippen LogP contribution in [-0.2, 0) is 4.79 Å². The van der Waals surface area contributed by atoms with Gasteiger partial charge in [0.1, 0.15) is 5.76 Å². The smallest absolute Gasteiger partial charge is 0.237 e. The van der Waals surface area contributed by atoms with E-state index in [1.165, 1.54) is 11.8 Å². The fourth-order valence-electron chi connectivity index (χ4n) is 2.98. The molecule has 0 unspecified atom stereocenters. The second-order valence-electron chi connectivity index (χ2n) is 6.44. The maximum atomic E-state index is 12.7. The third-order valence-electron chi connectivity index (χ3n) is 4.59. The van der Waals surface area contributed by atoms with Gasteiger partial charge in [0.25, 0.3) is 0 Å². The van der Waals surface area contributed by atoms with E-state index in [9.17, 15) is 4.79 Å². The Bertz CT molecular complexity index is 1110. The van der Waals surface area contributed by atoms with E-state index < -0.39 is 0 Å². The van der Waals surface area contributed by atoms with Gasteiger partial charge in [-0.2, -0.15) is 0 Å². The molecular formula is C22H20N4O2S. The summed E-state index contributed by atoms with van der Waals surface area (Å²) in [6.07, 6.45) is 1.64. The third kappa shape index (κ3) is 3.95. The number of rotatable bonds is 6. The van der Waals surface area contributed by atoms with Gasteiger partial charge in [0, 0.05) is 18.4 Å². The number of para-hydroxylation sites is 2. The predicted octanol–water partition coefficient (Wildman–Crippen LogP) is 4.59. The van der Waals surface area contributed by atoms with Gasteiger partial charge in [-0.25, -0.2) is 0 Å². The van der Waals surface area contributed by atoms with Crippen molar-refractivity contribution < 1.29 is 9.21 Å². The van der Waals surface area contributed by atoms with Crippen LogP contribution in [0, 0.1) is 6.92 Å². The molecule has 0 aliphatic rings. The summed E-state index contributed by atoms with van der Waals surface area (Å²) in [5.41, 5.74) is 2.66. The number of benzene rings is 2. The number of carbonyl (C=O) groups excluding carboxylic acids is 1. The largest absolute Gasteiger partial charge is 0.469 e. The number of hydrogen-bond acceptors (Lipinski definition) is 5. The van der Waals surface area contributed by atoms with Crippen LogP contribution in [0.4, 0.5) is 5.69 Å². The SMILES string of the molecule is Cc1occc1-c1nnc(SCC(=O)N(C)c2ccccc2)n1-c1ccccc1. The Morgan fingerprint density at radius 1 is 1.03 bits per heavy atom. The van der Waals surface area contributed by atoms with Crippen molar-refractivity contribution >= 4 is 23.4 Å². The molecule has 2 heterocycles. The van der Waals surface area contributed by atoms with E-state index in [4.69, 9.17) is 4.42 Å². The van der Waals surface area contributed by atoms with Crippen molar-refractivity contribution in [3.8, 4) is 17.1 Å². The molecule has 2 aromatic carbocycles. The lowest BCUT2D eigenvalue weighted by Crippen LogP contribution is -2.27. The summed E-state index contributed by atoms with van der Waals surface area (Å²) in [7, 11) is 1.78. The third-order valence-corrected chi connectivity index (χ3v) is 5.50. The molecule has 4 aromatic rings. The summed E-state index contributed by atoms with van der Waals surface area (Å²) in [4.78, 5) is 14.3. The molecule has 0 bridgehead atoms. The zero-order chi connectivity index (χ0) is 20.2. The van der Waals surface area contributed by atoms with Crippen molar-refractivity contribution in [1.29, 1.82) is 0 Å². The minimum absolute atomic E-state index is 0.00940. The van der Waals surface area contributed by atoms with Gasteiger partial charge in [-0.1, -0.05) is 48.2 Å². The molecule has 0 radical (unpaired) electrons. The fraction of sp³-hybridized carbons (Fsp3) is 0.136. The van der Waals surface area contributed by atoms with Gasteiger partial charge in [0.2, 0.25) is 5.91 Å². The molecule has 0 saturated carbocycles. The number of amides is 1. The monoisotopic (exact) mass is 404 g/mol. The Morgan fingerprint density at radius 2 is 1.72 bits per heavy atom. The van der Waals surface area contributed by atoms with Crippen molar-refractivity contribution in [3.63, 3.8) is 0 Å². The van der Waals surface area contributed by atoms with Crippen LogP contribution in [0.3, 0.4) is 0 Å². The van der Waals surface area contributed by atoms with E-state index in [1.54, 1.807) is 18.2 Å². The van der Waals surface area contributed by atoms with E-state index in [2.05, 4.69) is 10.2 Å². The Morgan fingerprint density at radius 3 is 2.38 bits per heavy atom. The number of anilines is 1. The molecule has 29 heavy (non-hydrogen) atoms. The van der Waals surface area contributed by atoms with Crippen LogP contribution in [0.5, 0.6) is 0 Å². The molecule has 0 aliphatic carbocycles. The van der Waals surface area contributed by atoms with Crippen molar-refractivity contribution in [2.45, 2.75) is 12.1 Å². The first-order chi connectivity index (χ1) is 14.1. The number of furan rings is 1.